The second-order valence-electron chi connectivity index (χ2n) is 9.23. The van der Waals surface area contributed by atoms with Crippen molar-refractivity contribution in [2.75, 3.05) is 23.4 Å². The predicted molar refractivity (Wildman–Crippen MR) is 129 cm³/mol. The van der Waals surface area contributed by atoms with Crippen molar-refractivity contribution in [3.63, 3.8) is 0 Å². The highest BCUT2D eigenvalue weighted by Gasteiger charge is 2.49. The van der Waals surface area contributed by atoms with Gasteiger partial charge in [-0.25, -0.2) is 17.9 Å². The van der Waals surface area contributed by atoms with Crippen molar-refractivity contribution >= 4 is 44.3 Å². The fourth-order valence-corrected chi connectivity index (χ4v) is 6.41. The molecule has 182 valence electrons. The first-order valence-electron chi connectivity index (χ1n) is 11.3. The lowest BCUT2D eigenvalue weighted by Gasteiger charge is -2.22. The van der Waals surface area contributed by atoms with Gasteiger partial charge in [-0.15, -0.1) is 0 Å². The van der Waals surface area contributed by atoms with Crippen molar-refractivity contribution < 1.29 is 22.8 Å². The van der Waals surface area contributed by atoms with Gasteiger partial charge in [0.15, 0.2) is 9.84 Å². The summed E-state index contributed by atoms with van der Waals surface area (Å²) in [4.78, 5) is 39.7. The van der Waals surface area contributed by atoms with Crippen LogP contribution in [-0.4, -0.2) is 59.0 Å². The van der Waals surface area contributed by atoms with E-state index in [0.29, 0.717) is 23.5 Å². The van der Waals surface area contributed by atoms with Crippen LogP contribution >= 0.6 is 0 Å². The predicted octanol–water partition coefficient (Wildman–Crippen LogP) is 2.11. The van der Waals surface area contributed by atoms with Gasteiger partial charge in [0.1, 0.15) is 17.9 Å². The summed E-state index contributed by atoms with van der Waals surface area (Å²) >= 11 is 0. The second kappa shape index (κ2) is 8.19. The van der Waals surface area contributed by atoms with E-state index >= 15 is 0 Å². The van der Waals surface area contributed by atoms with Gasteiger partial charge >= 0.3 is 6.03 Å². The van der Waals surface area contributed by atoms with Gasteiger partial charge in [-0.05, 0) is 42.7 Å². The first kappa shape index (κ1) is 23.0. The van der Waals surface area contributed by atoms with E-state index in [4.69, 9.17) is 0 Å². The molecule has 2 aliphatic rings. The van der Waals surface area contributed by atoms with Gasteiger partial charge in [-0.2, -0.15) is 5.10 Å². The normalized spacial score (nSPS) is 23.6. The van der Waals surface area contributed by atoms with Crippen molar-refractivity contribution in [2.45, 2.75) is 31.8 Å². The molecule has 4 amide bonds. The molecule has 2 aliphatic heterocycles. The highest BCUT2D eigenvalue weighted by molar-refractivity contribution is 7.91. The summed E-state index contributed by atoms with van der Waals surface area (Å²) in [5.41, 5.74) is -0.0742. The monoisotopic (exact) mass is 495 g/mol. The molecule has 0 radical (unpaired) electrons. The molecule has 0 bridgehead atoms. The Labute approximate surface area is 202 Å². The molecule has 2 fully saturated rings. The lowest BCUT2D eigenvalue weighted by Crippen LogP contribution is -2.42. The van der Waals surface area contributed by atoms with E-state index in [0.717, 1.165) is 15.7 Å². The van der Waals surface area contributed by atoms with E-state index in [9.17, 15) is 22.8 Å². The van der Waals surface area contributed by atoms with Crippen LogP contribution in [0.1, 0.15) is 30.6 Å². The molecule has 0 aliphatic carbocycles. The third-order valence-electron chi connectivity index (χ3n) is 6.58. The van der Waals surface area contributed by atoms with Crippen molar-refractivity contribution in [1.29, 1.82) is 0 Å². The highest BCUT2D eigenvalue weighted by Crippen LogP contribution is 2.31. The topological polar surface area (TPSA) is 130 Å². The molecule has 2 N–H and O–H groups in total. The lowest BCUT2D eigenvalue weighted by atomic mass is 9.90. The zero-order chi connectivity index (χ0) is 25.0. The number of carbonyl (C=O) groups is 3. The maximum atomic E-state index is 13.3. The molecule has 2 unspecified atom stereocenters. The molecule has 11 heteroatoms. The Balaban J connectivity index is 1.33. The van der Waals surface area contributed by atoms with Gasteiger partial charge in [0.25, 0.3) is 5.91 Å². The number of hydrogen-bond donors (Lipinski definition) is 2. The number of rotatable bonds is 5. The van der Waals surface area contributed by atoms with Crippen LogP contribution in [0.25, 0.3) is 10.8 Å². The van der Waals surface area contributed by atoms with E-state index in [-0.39, 0.29) is 17.5 Å². The maximum Gasteiger partial charge on any atom is 0.325 e. The third-order valence-corrected chi connectivity index (χ3v) is 8.33. The van der Waals surface area contributed by atoms with E-state index in [1.54, 1.807) is 26.0 Å². The van der Waals surface area contributed by atoms with E-state index < -0.39 is 39.8 Å². The SMILES string of the molecule is Cc1cc(NC(=O)CN2C(=O)NC(C)(c3ccc4ccccc4c3)C2=O)n(C2CCS(=O)(=O)C2)n1. The maximum absolute atomic E-state index is 13.3. The molecule has 3 heterocycles. The van der Waals surface area contributed by atoms with Crippen molar-refractivity contribution in [3.8, 4) is 0 Å². The Morgan fingerprint density at radius 1 is 1.17 bits per heavy atom. The quantitative estimate of drug-likeness (QED) is 0.522. The summed E-state index contributed by atoms with van der Waals surface area (Å²) in [7, 11) is -3.15. The minimum absolute atomic E-state index is 0.0475. The summed E-state index contributed by atoms with van der Waals surface area (Å²) in [5, 5.41) is 11.7. The Bertz CT molecular complexity index is 1480. The van der Waals surface area contributed by atoms with Gasteiger partial charge in [-0.1, -0.05) is 36.4 Å². The van der Waals surface area contributed by atoms with Crippen LogP contribution in [0, 0.1) is 6.92 Å². The summed E-state index contributed by atoms with van der Waals surface area (Å²) in [5.74, 6) is -0.759. The Hall–Kier alpha value is -3.73. The summed E-state index contributed by atoms with van der Waals surface area (Å²) in [6.45, 7) is 2.87. The molecule has 5 rings (SSSR count). The molecular weight excluding hydrogens is 470 g/mol. The average molecular weight is 496 g/mol. The zero-order valence-corrected chi connectivity index (χ0v) is 20.1. The molecule has 1 aromatic heterocycles. The van der Waals surface area contributed by atoms with Gasteiger partial charge in [-0.3, -0.25) is 14.5 Å². The fourth-order valence-electron chi connectivity index (χ4n) is 4.72. The number of aryl methyl sites for hydroxylation is 1. The van der Waals surface area contributed by atoms with Crippen LogP contribution < -0.4 is 10.6 Å². The van der Waals surface area contributed by atoms with Crippen molar-refractivity contribution in [1.82, 2.24) is 20.0 Å². The van der Waals surface area contributed by atoms with E-state index in [2.05, 4.69) is 15.7 Å². The van der Waals surface area contributed by atoms with Crippen LogP contribution in [0.4, 0.5) is 10.6 Å². The van der Waals surface area contributed by atoms with Gasteiger partial charge < -0.3 is 10.6 Å². The molecule has 10 nitrogen and oxygen atoms in total. The highest BCUT2D eigenvalue weighted by atomic mass is 32.2. The average Bonchev–Trinajstić information content (AvgIpc) is 3.43. The molecular formula is C24H25N5O5S. The first-order valence-corrected chi connectivity index (χ1v) is 13.1. The Morgan fingerprint density at radius 3 is 2.63 bits per heavy atom. The molecule has 2 aromatic carbocycles. The number of carbonyl (C=O) groups excluding carboxylic acids is 3. The summed E-state index contributed by atoms with van der Waals surface area (Å²) in [6, 6.07) is 13.8. The number of imide groups is 1. The second-order valence-corrected chi connectivity index (χ2v) is 11.5. The van der Waals surface area contributed by atoms with E-state index in [1.807, 2.05) is 36.4 Å². The largest absolute Gasteiger partial charge is 0.325 e. The van der Waals surface area contributed by atoms with E-state index in [1.165, 1.54) is 4.68 Å². The molecule has 0 saturated carbocycles. The first-order chi connectivity index (χ1) is 16.6. The summed E-state index contributed by atoms with van der Waals surface area (Å²) in [6.07, 6.45) is 0.406. The van der Waals surface area contributed by atoms with Crippen LogP contribution in [0.15, 0.2) is 48.5 Å². The lowest BCUT2D eigenvalue weighted by molar-refractivity contribution is -0.133. The number of fused-ring (bicyclic) bond motifs is 1. The molecule has 0 spiro atoms. The third kappa shape index (κ3) is 4.16. The van der Waals surface area contributed by atoms with Crippen LogP contribution in [0.5, 0.6) is 0 Å². The number of sulfone groups is 1. The number of hydrogen-bond acceptors (Lipinski definition) is 6. The summed E-state index contributed by atoms with van der Waals surface area (Å²) < 4.78 is 25.3. The number of nitrogens with one attached hydrogen (secondary N) is 2. The van der Waals surface area contributed by atoms with Gasteiger partial charge in [0.05, 0.1) is 23.2 Å². The molecule has 2 saturated heterocycles. The number of amides is 4. The fraction of sp³-hybridized carbons (Fsp3) is 0.333. The number of benzene rings is 2. The zero-order valence-electron chi connectivity index (χ0n) is 19.3. The van der Waals surface area contributed by atoms with Crippen molar-refractivity contribution in [3.05, 3.63) is 59.8 Å². The van der Waals surface area contributed by atoms with Crippen LogP contribution in [0.3, 0.4) is 0 Å². The Morgan fingerprint density at radius 2 is 1.91 bits per heavy atom. The van der Waals surface area contributed by atoms with Gasteiger partial charge in [0.2, 0.25) is 5.91 Å². The molecule has 35 heavy (non-hydrogen) atoms. The number of urea groups is 1. The van der Waals surface area contributed by atoms with Crippen molar-refractivity contribution in [2.24, 2.45) is 0 Å². The van der Waals surface area contributed by atoms with Crippen LogP contribution in [0.2, 0.25) is 0 Å². The molecule has 3 aromatic rings. The minimum atomic E-state index is -3.15. The minimum Gasteiger partial charge on any atom is -0.319 e. The standard InChI is InChI=1S/C24H25N5O5S/c1-15-11-20(29(27-15)19-9-10-35(33,34)14-19)25-21(30)13-28-22(31)24(2,26-23(28)32)18-8-7-16-5-3-4-6-17(16)12-18/h3-8,11-12,19H,9-10,13-14H2,1-2H3,(H,25,30)(H,26,32). The Kier molecular flexibility index (Phi) is 5.39. The number of anilines is 1. The van der Waals surface area contributed by atoms with Crippen LogP contribution in [-0.2, 0) is 25.0 Å². The number of aromatic nitrogens is 2. The number of nitrogens with zero attached hydrogens (tertiary/aromatic N) is 3. The smallest absolute Gasteiger partial charge is 0.319 e. The van der Waals surface area contributed by atoms with Gasteiger partial charge in [0, 0.05) is 6.07 Å². The molecule has 2 atom stereocenters.